The zero-order valence-electron chi connectivity index (χ0n) is 25.0. The molecule has 8 rings (SSSR count). The lowest BCUT2D eigenvalue weighted by Crippen LogP contribution is -2.56. The van der Waals surface area contributed by atoms with Crippen LogP contribution in [-0.2, 0) is 11.2 Å². The molecular formula is C35H37FN6O2. The summed E-state index contributed by atoms with van der Waals surface area (Å²) in [6.45, 7) is 15.3. The van der Waals surface area contributed by atoms with Gasteiger partial charge in [-0.1, -0.05) is 30.8 Å². The Morgan fingerprint density at radius 2 is 1.98 bits per heavy atom. The van der Waals surface area contributed by atoms with Crippen molar-refractivity contribution < 1.29 is 13.9 Å². The average Bonchev–Trinajstić information content (AvgIpc) is 3.33. The smallest absolute Gasteiger partial charge is 0.319 e. The Morgan fingerprint density at radius 3 is 2.77 bits per heavy atom. The van der Waals surface area contributed by atoms with Crippen LogP contribution in [0.4, 0.5) is 10.2 Å². The van der Waals surface area contributed by atoms with E-state index in [0.717, 1.165) is 50.8 Å². The van der Waals surface area contributed by atoms with Gasteiger partial charge in [-0.25, -0.2) is 11.0 Å². The van der Waals surface area contributed by atoms with Crippen LogP contribution in [0, 0.1) is 18.3 Å². The first kappa shape index (κ1) is 27.5. The van der Waals surface area contributed by atoms with Crippen molar-refractivity contribution in [2.45, 2.75) is 56.0 Å². The van der Waals surface area contributed by atoms with Crippen molar-refractivity contribution in [3.63, 3.8) is 0 Å². The summed E-state index contributed by atoms with van der Waals surface area (Å²) in [5.41, 5.74) is 4.43. The number of amides is 1. The van der Waals surface area contributed by atoms with Crippen LogP contribution in [0.25, 0.3) is 26.9 Å². The van der Waals surface area contributed by atoms with Gasteiger partial charge in [0.1, 0.15) is 24.0 Å². The van der Waals surface area contributed by atoms with Gasteiger partial charge in [-0.3, -0.25) is 9.69 Å². The minimum absolute atomic E-state index is 0.00166. The molecule has 4 heterocycles. The predicted molar refractivity (Wildman–Crippen MR) is 167 cm³/mol. The fourth-order valence-electron chi connectivity index (χ4n) is 8.59. The van der Waals surface area contributed by atoms with Gasteiger partial charge in [-0.2, -0.15) is 9.97 Å². The minimum Gasteiger partial charge on any atom is -0.461 e. The van der Waals surface area contributed by atoms with Crippen molar-refractivity contribution >= 4 is 22.6 Å². The first-order chi connectivity index (χ1) is 21.5. The van der Waals surface area contributed by atoms with Crippen molar-refractivity contribution in [1.82, 2.24) is 19.8 Å². The highest BCUT2D eigenvalue weighted by molar-refractivity contribution is 5.94. The molecule has 3 saturated heterocycles. The second-order valence-electron chi connectivity index (χ2n) is 13.2. The first-order valence-electron chi connectivity index (χ1n) is 16.0. The number of carbonyl (C=O) groups excluding carboxylic acids is 1. The van der Waals surface area contributed by atoms with E-state index in [-0.39, 0.29) is 41.4 Å². The Kier molecular flexibility index (Phi) is 6.60. The third-order valence-corrected chi connectivity index (χ3v) is 10.9. The fourth-order valence-corrected chi connectivity index (χ4v) is 8.59. The van der Waals surface area contributed by atoms with E-state index in [1.54, 1.807) is 4.90 Å². The topological polar surface area (TPSA) is 66.2 Å². The molecule has 0 N–H and O–H groups in total. The Morgan fingerprint density at radius 1 is 1.14 bits per heavy atom. The molecule has 4 fully saturated rings. The number of rotatable bonds is 7. The normalized spacial score (nSPS) is 25.0. The van der Waals surface area contributed by atoms with Gasteiger partial charge in [0.2, 0.25) is 12.5 Å². The number of nitrogens with zero attached hydrogens (tertiary/aromatic N) is 6. The molecule has 1 amide bonds. The summed E-state index contributed by atoms with van der Waals surface area (Å²) in [7, 11) is 0. The molecule has 44 heavy (non-hydrogen) atoms. The summed E-state index contributed by atoms with van der Waals surface area (Å²) in [5.74, 6) is 1.28. The molecule has 0 unspecified atom stereocenters. The molecular weight excluding hydrogens is 555 g/mol. The number of anilines is 1. The van der Waals surface area contributed by atoms with E-state index in [0.29, 0.717) is 54.8 Å². The van der Waals surface area contributed by atoms with E-state index >= 15 is 4.39 Å². The van der Waals surface area contributed by atoms with E-state index < -0.39 is 0 Å². The van der Waals surface area contributed by atoms with Crippen LogP contribution < -0.4 is 9.64 Å². The number of hydrogen-bond acceptors (Lipinski definition) is 6. The van der Waals surface area contributed by atoms with Crippen molar-refractivity contribution in [2.75, 3.05) is 50.8 Å². The molecule has 1 saturated carbocycles. The number of halogens is 1. The highest BCUT2D eigenvalue weighted by Crippen LogP contribution is 2.58. The number of ether oxygens (including phenoxy) is 1. The molecule has 3 aliphatic heterocycles. The molecule has 0 bridgehead atoms. The highest BCUT2D eigenvalue weighted by Gasteiger charge is 2.47. The number of benzene rings is 2. The largest absolute Gasteiger partial charge is 0.461 e. The third-order valence-electron chi connectivity index (χ3n) is 10.9. The van der Waals surface area contributed by atoms with Gasteiger partial charge in [-0.05, 0) is 92.3 Å². The number of fused-ring (bicyclic) bond motifs is 5. The van der Waals surface area contributed by atoms with Crippen molar-refractivity contribution in [3.8, 4) is 17.1 Å². The van der Waals surface area contributed by atoms with Gasteiger partial charge >= 0.3 is 6.01 Å². The van der Waals surface area contributed by atoms with Crippen LogP contribution in [-0.4, -0.2) is 83.1 Å². The van der Waals surface area contributed by atoms with E-state index in [2.05, 4.69) is 27.3 Å². The van der Waals surface area contributed by atoms with E-state index in [4.69, 9.17) is 21.3 Å². The fraction of sp³-hybridized carbons (Fsp3) is 0.486. The average molecular weight is 593 g/mol. The first-order valence-corrected chi connectivity index (χ1v) is 16.0. The van der Waals surface area contributed by atoms with Gasteiger partial charge in [0.05, 0.1) is 5.54 Å². The Labute approximate surface area is 257 Å². The Hall–Kier alpha value is -4.03. The number of hydrogen-bond donors (Lipinski definition) is 0. The molecule has 1 aromatic heterocycles. The molecule has 0 spiro atoms. The van der Waals surface area contributed by atoms with E-state index in [1.165, 1.54) is 23.6 Å². The molecule has 8 nitrogen and oxygen atoms in total. The molecule has 3 atom stereocenters. The summed E-state index contributed by atoms with van der Waals surface area (Å²) < 4.78 is 23.2. The quantitative estimate of drug-likeness (QED) is 0.277. The summed E-state index contributed by atoms with van der Waals surface area (Å²) in [5, 5.41) is 0.613. The Bertz CT molecular complexity index is 1710. The number of piperazine rings is 1. The van der Waals surface area contributed by atoms with Crippen LogP contribution >= 0.6 is 0 Å². The van der Waals surface area contributed by atoms with Crippen LogP contribution in [0.5, 0.6) is 6.01 Å². The lowest BCUT2D eigenvalue weighted by Gasteiger charge is -2.39. The second-order valence-corrected chi connectivity index (χ2v) is 13.2. The summed E-state index contributed by atoms with van der Waals surface area (Å²) in [6, 6.07) is 9.93. The predicted octanol–water partition coefficient (Wildman–Crippen LogP) is 5.23. The van der Waals surface area contributed by atoms with Gasteiger partial charge < -0.3 is 19.4 Å². The van der Waals surface area contributed by atoms with Crippen LogP contribution in [0.1, 0.15) is 49.1 Å². The minimum atomic E-state index is -0.354. The van der Waals surface area contributed by atoms with Crippen LogP contribution in [0.3, 0.4) is 0 Å². The number of carbonyl (C=O) groups is 1. The zero-order valence-corrected chi connectivity index (χ0v) is 25.0. The highest BCUT2D eigenvalue weighted by atomic mass is 19.1. The standard InChI is InChI=1S/C35H37FN6O2/c1-3-29(43)42-16-15-40(20-24(42)19-37-2)33-27-10-9-26(25-8-4-7-22-17-23-18-28(23)30(22)25)31(36)32(27)38-34(39-33)44-21-35-11-5-13-41(35)14-6-12-35/h3-4,7-10,23-24,28H,1,5-6,11-21H2/t23-,24-,28+/m0/s1. The van der Waals surface area contributed by atoms with Crippen LogP contribution in [0.2, 0.25) is 0 Å². The molecule has 9 heteroatoms. The molecule has 2 aromatic carbocycles. The molecule has 226 valence electrons. The molecule has 5 aliphatic rings. The van der Waals surface area contributed by atoms with Crippen molar-refractivity contribution in [3.05, 3.63) is 71.3 Å². The molecule has 0 radical (unpaired) electrons. The molecule has 2 aliphatic carbocycles. The van der Waals surface area contributed by atoms with Gasteiger partial charge in [0.15, 0.2) is 5.82 Å². The number of aromatic nitrogens is 2. The lowest BCUT2D eigenvalue weighted by molar-refractivity contribution is -0.128. The molecule has 3 aromatic rings. The summed E-state index contributed by atoms with van der Waals surface area (Å²) >= 11 is 0. The Balaban J connectivity index is 1.21. The van der Waals surface area contributed by atoms with Crippen molar-refractivity contribution in [1.29, 1.82) is 0 Å². The van der Waals surface area contributed by atoms with Crippen molar-refractivity contribution in [2.24, 2.45) is 5.92 Å². The maximum Gasteiger partial charge on any atom is 0.319 e. The second kappa shape index (κ2) is 10.6. The SMILES string of the molecule is [C-]#[N+]C[C@H]1CN(c2nc(OCC34CCCN3CCC4)nc3c(F)c(-c4cccc5c4[C@@H]4C[C@@H]4C5)ccc23)CCN1C(=O)C=C. The zero-order chi connectivity index (χ0) is 30.0. The lowest BCUT2D eigenvalue weighted by atomic mass is 9.93. The summed E-state index contributed by atoms with van der Waals surface area (Å²) in [6.07, 6.45) is 8.06. The van der Waals surface area contributed by atoms with Gasteiger partial charge in [0.25, 0.3) is 0 Å². The maximum absolute atomic E-state index is 16.8. The van der Waals surface area contributed by atoms with E-state index in [1.807, 2.05) is 24.3 Å². The van der Waals surface area contributed by atoms with Gasteiger partial charge in [0, 0.05) is 30.6 Å². The third kappa shape index (κ3) is 4.37. The van der Waals surface area contributed by atoms with Crippen LogP contribution in [0.15, 0.2) is 43.0 Å². The van der Waals surface area contributed by atoms with E-state index in [9.17, 15) is 4.79 Å². The monoisotopic (exact) mass is 592 g/mol. The summed E-state index contributed by atoms with van der Waals surface area (Å²) in [4.78, 5) is 32.1. The van der Waals surface area contributed by atoms with Gasteiger partial charge in [-0.15, -0.1) is 0 Å². The maximum atomic E-state index is 16.8.